The third kappa shape index (κ3) is 4.17. The highest BCUT2D eigenvalue weighted by Gasteiger charge is 2.38. The quantitative estimate of drug-likeness (QED) is 0.766. The largest absolute Gasteiger partial charge is 0.508 e. The van der Waals surface area contributed by atoms with Gasteiger partial charge in [0.1, 0.15) is 5.75 Å². The molecule has 1 saturated carbocycles. The molecule has 1 aliphatic carbocycles. The maximum Gasteiger partial charge on any atom is 0.240 e. The fourth-order valence-electron chi connectivity index (χ4n) is 4.27. The molecule has 3 N–H and O–H groups in total. The van der Waals surface area contributed by atoms with Crippen molar-refractivity contribution in [1.29, 1.82) is 0 Å². The van der Waals surface area contributed by atoms with E-state index < -0.39 is 5.54 Å². The summed E-state index contributed by atoms with van der Waals surface area (Å²) in [7, 11) is 0. The standard InChI is InChI=1S/C21H32N2O2/c1-14(2)19(10-15-6-4-5-7-15)23-20(25)21(3)12-16-8-9-18(24)11-17(16)13-22-21/h8-9,11,14-15,19,22,24H,4-7,10,12-13H2,1-3H3,(H,23,25)/t19-,21-/m1/s1. The number of carbonyl (C=O) groups is 1. The van der Waals surface area contributed by atoms with Gasteiger partial charge in [-0.25, -0.2) is 0 Å². The third-order valence-electron chi connectivity index (χ3n) is 6.09. The summed E-state index contributed by atoms with van der Waals surface area (Å²) in [6.45, 7) is 7.01. The van der Waals surface area contributed by atoms with Gasteiger partial charge < -0.3 is 10.4 Å². The average Bonchev–Trinajstić information content (AvgIpc) is 3.07. The van der Waals surface area contributed by atoms with Crippen molar-refractivity contribution in [3.05, 3.63) is 29.3 Å². The lowest BCUT2D eigenvalue weighted by molar-refractivity contribution is -0.128. The summed E-state index contributed by atoms with van der Waals surface area (Å²) in [6, 6.07) is 5.68. The van der Waals surface area contributed by atoms with Crippen molar-refractivity contribution in [2.45, 2.75) is 77.4 Å². The van der Waals surface area contributed by atoms with Crippen LogP contribution in [-0.2, 0) is 17.8 Å². The van der Waals surface area contributed by atoms with Crippen LogP contribution in [0, 0.1) is 11.8 Å². The number of rotatable bonds is 5. The Morgan fingerprint density at radius 1 is 1.32 bits per heavy atom. The number of benzene rings is 1. The predicted octanol–water partition coefficient (Wildman–Crippen LogP) is 3.52. The molecule has 1 fully saturated rings. The molecule has 2 aliphatic rings. The van der Waals surface area contributed by atoms with Crippen LogP contribution in [0.5, 0.6) is 5.75 Å². The molecule has 0 unspecified atom stereocenters. The van der Waals surface area contributed by atoms with E-state index in [0.717, 1.165) is 23.5 Å². The molecule has 138 valence electrons. The summed E-state index contributed by atoms with van der Waals surface area (Å²) in [5.41, 5.74) is 1.63. The summed E-state index contributed by atoms with van der Waals surface area (Å²) < 4.78 is 0. The van der Waals surface area contributed by atoms with Crippen molar-refractivity contribution in [2.75, 3.05) is 0 Å². The Morgan fingerprint density at radius 2 is 2.04 bits per heavy atom. The van der Waals surface area contributed by atoms with Crippen molar-refractivity contribution in [3.8, 4) is 5.75 Å². The smallest absolute Gasteiger partial charge is 0.240 e. The van der Waals surface area contributed by atoms with Crippen molar-refractivity contribution in [3.63, 3.8) is 0 Å². The number of hydrogen-bond acceptors (Lipinski definition) is 3. The molecule has 0 saturated heterocycles. The van der Waals surface area contributed by atoms with E-state index in [-0.39, 0.29) is 17.7 Å². The lowest BCUT2D eigenvalue weighted by Gasteiger charge is -2.37. The number of nitrogens with one attached hydrogen (secondary N) is 2. The number of phenolic OH excluding ortho intramolecular Hbond substituents is 1. The minimum absolute atomic E-state index is 0.0999. The van der Waals surface area contributed by atoms with Gasteiger partial charge in [-0.1, -0.05) is 45.6 Å². The van der Waals surface area contributed by atoms with E-state index in [1.807, 2.05) is 13.0 Å². The molecule has 0 radical (unpaired) electrons. The summed E-state index contributed by atoms with van der Waals surface area (Å²) in [5, 5.41) is 16.4. The highest BCUT2D eigenvalue weighted by molar-refractivity contribution is 5.87. The van der Waals surface area contributed by atoms with Crippen LogP contribution >= 0.6 is 0 Å². The van der Waals surface area contributed by atoms with Crippen LogP contribution in [0.2, 0.25) is 0 Å². The number of amides is 1. The minimum Gasteiger partial charge on any atom is -0.508 e. The van der Waals surface area contributed by atoms with Crippen LogP contribution in [0.1, 0.15) is 64.0 Å². The van der Waals surface area contributed by atoms with Crippen LogP contribution < -0.4 is 10.6 Å². The van der Waals surface area contributed by atoms with Gasteiger partial charge in [0.05, 0.1) is 5.54 Å². The van der Waals surface area contributed by atoms with Gasteiger partial charge in [-0.2, -0.15) is 0 Å². The monoisotopic (exact) mass is 344 g/mol. The van der Waals surface area contributed by atoms with Gasteiger partial charge in [0, 0.05) is 12.6 Å². The Labute approximate surface area is 151 Å². The van der Waals surface area contributed by atoms with E-state index in [1.165, 1.54) is 25.7 Å². The molecule has 1 heterocycles. The van der Waals surface area contributed by atoms with Crippen molar-refractivity contribution >= 4 is 5.91 Å². The van der Waals surface area contributed by atoms with E-state index in [9.17, 15) is 9.90 Å². The minimum atomic E-state index is -0.590. The zero-order chi connectivity index (χ0) is 18.0. The van der Waals surface area contributed by atoms with Crippen LogP contribution in [-0.4, -0.2) is 22.6 Å². The Bertz CT molecular complexity index is 622. The van der Waals surface area contributed by atoms with Gasteiger partial charge in [0.2, 0.25) is 5.91 Å². The maximum atomic E-state index is 13.1. The number of phenols is 1. The van der Waals surface area contributed by atoms with E-state index in [1.54, 1.807) is 12.1 Å². The molecule has 1 aromatic rings. The van der Waals surface area contributed by atoms with Crippen LogP contribution in [0.15, 0.2) is 18.2 Å². The fourth-order valence-corrected chi connectivity index (χ4v) is 4.27. The Kier molecular flexibility index (Phi) is 5.38. The second kappa shape index (κ2) is 7.36. The zero-order valence-corrected chi connectivity index (χ0v) is 15.8. The Hall–Kier alpha value is -1.55. The van der Waals surface area contributed by atoms with Gasteiger partial charge in [-0.3, -0.25) is 10.1 Å². The molecule has 4 heteroatoms. The zero-order valence-electron chi connectivity index (χ0n) is 15.8. The molecule has 0 spiro atoms. The fraction of sp³-hybridized carbons (Fsp3) is 0.667. The number of hydrogen-bond donors (Lipinski definition) is 3. The molecule has 3 rings (SSSR count). The van der Waals surface area contributed by atoms with Crippen LogP contribution in [0.4, 0.5) is 0 Å². The van der Waals surface area contributed by atoms with Gasteiger partial charge in [-0.15, -0.1) is 0 Å². The Morgan fingerprint density at radius 3 is 2.72 bits per heavy atom. The Balaban J connectivity index is 1.67. The van der Waals surface area contributed by atoms with E-state index >= 15 is 0 Å². The van der Waals surface area contributed by atoms with Gasteiger partial charge in [0.25, 0.3) is 0 Å². The first-order chi connectivity index (χ1) is 11.9. The molecule has 2 atom stereocenters. The molecule has 1 aromatic carbocycles. The van der Waals surface area contributed by atoms with Gasteiger partial charge in [-0.05, 0) is 54.9 Å². The highest BCUT2D eigenvalue weighted by Crippen LogP contribution is 2.31. The van der Waals surface area contributed by atoms with Crippen molar-refractivity contribution in [2.24, 2.45) is 11.8 Å². The number of aromatic hydroxyl groups is 1. The first-order valence-electron chi connectivity index (χ1n) is 9.74. The second-order valence-corrected chi connectivity index (χ2v) is 8.53. The number of carbonyl (C=O) groups excluding carboxylic acids is 1. The van der Waals surface area contributed by atoms with Gasteiger partial charge >= 0.3 is 0 Å². The first kappa shape index (κ1) is 18.2. The van der Waals surface area contributed by atoms with E-state index in [4.69, 9.17) is 0 Å². The molecule has 0 bridgehead atoms. The van der Waals surface area contributed by atoms with E-state index in [0.29, 0.717) is 18.9 Å². The summed E-state index contributed by atoms with van der Waals surface area (Å²) in [5.74, 6) is 1.59. The molecule has 25 heavy (non-hydrogen) atoms. The topological polar surface area (TPSA) is 61.4 Å². The average molecular weight is 344 g/mol. The molecule has 1 aliphatic heterocycles. The molecule has 1 amide bonds. The van der Waals surface area contributed by atoms with E-state index in [2.05, 4.69) is 24.5 Å². The molecule has 4 nitrogen and oxygen atoms in total. The summed E-state index contributed by atoms with van der Waals surface area (Å²) in [6.07, 6.45) is 7.06. The molecular formula is C21H32N2O2. The second-order valence-electron chi connectivity index (χ2n) is 8.53. The summed E-state index contributed by atoms with van der Waals surface area (Å²) in [4.78, 5) is 13.1. The summed E-state index contributed by atoms with van der Waals surface area (Å²) >= 11 is 0. The highest BCUT2D eigenvalue weighted by atomic mass is 16.3. The lowest BCUT2D eigenvalue weighted by atomic mass is 9.84. The SMILES string of the molecule is CC(C)[C@@H](CC1CCCC1)NC(=O)[C@@]1(C)Cc2ccc(O)cc2CN1. The van der Waals surface area contributed by atoms with Crippen molar-refractivity contribution in [1.82, 2.24) is 10.6 Å². The molecular weight excluding hydrogens is 312 g/mol. The predicted molar refractivity (Wildman–Crippen MR) is 100 cm³/mol. The maximum absolute atomic E-state index is 13.1. The lowest BCUT2D eigenvalue weighted by Crippen LogP contribution is -2.60. The van der Waals surface area contributed by atoms with Gasteiger partial charge in [0.15, 0.2) is 0 Å². The van der Waals surface area contributed by atoms with Crippen LogP contribution in [0.25, 0.3) is 0 Å². The normalized spacial score (nSPS) is 25.0. The first-order valence-corrected chi connectivity index (χ1v) is 9.74. The number of fused-ring (bicyclic) bond motifs is 1. The van der Waals surface area contributed by atoms with Crippen molar-refractivity contribution < 1.29 is 9.90 Å². The third-order valence-corrected chi connectivity index (χ3v) is 6.09. The van der Waals surface area contributed by atoms with Crippen LogP contribution in [0.3, 0.4) is 0 Å². The molecule has 0 aromatic heterocycles.